The van der Waals surface area contributed by atoms with Crippen LogP contribution in [0.3, 0.4) is 0 Å². The van der Waals surface area contributed by atoms with E-state index in [0.717, 1.165) is 11.1 Å². The molecule has 3 rings (SSSR count). The summed E-state index contributed by atoms with van der Waals surface area (Å²) >= 11 is 7.28. The van der Waals surface area contributed by atoms with Crippen molar-refractivity contribution in [2.75, 3.05) is 0 Å². The van der Waals surface area contributed by atoms with Crippen LogP contribution >= 0.6 is 23.4 Å². The molecule has 7 heteroatoms. The third-order valence-corrected chi connectivity index (χ3v) is 4.93. The van der Waals surface area contributed by atoms with Gasteiger partial charge in [0.1, 0.15) is 0 Å². The standard InChI is InChI=1S/C20H18ClN3O2S/c21-16-8-6-14(7-9-16)12-22-18(25)10-17-11-19(26)24-20(23-17)27-13-15-4-2-1-3-5-15/h1-9,11H,10,12-13H2,(H,22,25)(H,23,24,26). The molecule has 5 nitrogen and oxygen atoms in total. The fourth-order valence-corrected chi connectivity index (χ4v) is 3.37. The van der Waals surface area contributed by atoms with Crippen LogP contribution in [-0.2, 0) is 23.5 Å². The van der Waals surface area contributed by atoms with Crippen molar-refractivity contribution in [3.63, 3.8) is 0 Å². The van der Waals surface area contributed by atoms with Crippen LogP contribution in [0.5, 0.6) is 0 Å². The second kappa shape index (κ2) is 9.39. The van der Waals surface area contributed by atoms with E-state index < -0.39 is 0 Å². The highest BCUT2D eigenvalue weighted by atomic mass is 35.5. The van der Waals surface area contributed by atoms with Crippen LogP contribution in [-0.4, -0.2) is 15.9 Å². The molecule has 27 heavy (non-hydrogen) atoms. The van der Waals surface area contributed by atoms with Gasteiger partial charge in [0, 0.05) is 23.4 Å². The Labute approximate surface area is 166 Å². The zero-order valence-electron chi connectivity index (χ0n) is 14.4. The van der Waals surface area contributed by atoms with Gasteiger partial charge in [0.2, 0.25) is 5.91 Å². The lowest BCUT2D eigenvalue weighted by atomic mass is 10.2. The van der Waals surface area contributed by atoms with Gasteiger partial charge in [-0.3, -0.25) is 9.59 Å². The number of rotatable bonds is 7. The number of nitrogens with zero attached hydrogens (tertiary/aromatic N) is 1. The van der Waals surface area contributed by atoms with Crippen molar-refractivity contribution in [3.05, 3.63) is 92.9 Å². The minimum Gasteiger partial charge on any atom is -0.352 e. The first-order valence-electron chi connectivity index (χ1n) is 8.36. The van der Waals surface area contributed by atoms with Crippen LogP contribution in [0.1, 0.15) is 16.8 Å². The highest BCUT2D eigenvalue weighted by Gasteiger charge is 2.08. The predicted octanol–water partition coefficient (Wildman–Crippen LogP) is 3.57. The van der Waals surface area contributed by atoms with Gasteiger partial charge in [-0.2, -0.15) is 0 Å². The van der Waals surface area contributed by atoms with Crippen molar-refractivity contribution in [1.29, 1.82) is 0 Å². The molecule has 0 radical (unpaired) electrons. The minimum atomic E-state index is -0.263. The maximum Gasteiger partial charge on any atom is 0.251 e. The Morgan fingerprint density at radius 3 is 2.56 bits per heavy atom. The molecule has 0 bridgehead atoms. The Morgan fingerprint density at radius 2 is 1.81 bits per heavy atom. The van der Waals surface area contributed by atoms with Gasteiger partial charge in [-0.15, -0.1) is 0 Å². The van der Waals surface area contributed by atoms with Gasteiger partial charge in [-0.1, -0.05) is 65.8 Å². The molecule has 0 aliphatic heterocycles. The first-order valence-corrected chi connectivity index (χ1v) is 9.73. The fraction of sp³-hybridized carbons (Fsp3) is 0.150. The van der Waals surface area contributed by atoms with E-state index >= 15 is 0 Å². The molecule has 0 aliphatic rings. The van der Waals surface area contributed by atoms with E-state index in [1.54, 1.807) is 12.1 Å². The van der Waals surface area contributed by atoms with Gasteiger partial charge in [0.25, 0.3) is 5.56 Å². The molecule has 3 aromatic rings. The summed E-state index contributed by atoms with van der Waals surface area (Å²) in [6.07, 6.45) is 0.0520. The summed E-state index contributed by atoms with van der Waals surface area (Å²) < 4.78 is 0. The monoisotopic (exact) mass is 399 g/mol. The number of carbonyl (C=O) groups excluding carboxylic acids is 1. The fourth-order valence-electron chi connectivity index (χ4n) is 2.40. The number of halogens is 1. The summed E-state index contributed by atoms with van der Waals surface area (Å²) in [6.45, 7) is 0.398. The SMILES string of the molecule is O=C(Cc1cc(=O)[nH]c(SCc2ccccc2)n1)NCc1ccc(Cl)cc1. The van der Waals surface area contributed by atoms with Crippen LogP contribution in [0.15, 0.2) is 70.6 Å². The normalized spacial score (nSPS) is 10.6. The van der Waals surface area contributed by atoms with Crippen LogP contribution < -0.4 is 10.9 Å². The average molecular weight is 400 g/mol. The molecule has 0 unspecified atom stereocenters. The van der Waals surface area contributed by atoms with Gasteiger partial charge in [-0.05, 0) is 23.3 Å². The Hall–Kier alpha value is -2.57. The number of carbonyl (C=O) groups is 1. The maximum absolute atomic E-state index is 12.2. The molecule has 0 fully saturated rings. The first-order chi connectivity index (χ1) is 13.1. The summed E-state index contributed by atoms with van der Waals surface area (Å²) in [4.78, 5) is 31.1. The minimum absolute atomic E-state index is 0.0520. The zero-order chi connectivity index (χ0) is 19.1. The lowest BCUT2D eigenvalue weighted by Crippen LogP contribution is -2.25. The van der Waals surface area contributed by atoms with E-state index in [0.29, 0.717) is 28.2 Å². The van der Waals surface area contributed by atoms with Crippen molar-refractivity contribution in [2.24, 2.45) is 0 Å². The molecule has 1 heterocycles. The number of thioether (sulfide) groups is 1. The van der Waals surface area contributed by atoms with Crippen molar-refractivity contribution in [1.82, 2.24) is 15.3 Å². The van der Waals surface area contributed by atoms with Gasteiger partial charge in [0.05, 0.1) is 12.1 Å². The molecule has 1 amide bonds. The van der Waals surface area contributed by atoms with Crippen LogP contribution in [0, 0.1) is 0 Å². The third-order valence-electron chi connectivity index (χ3n) is 3.74. The molecule has 1 aromatic heterocycles. The van der Waals surface area contributed by atoms with Crippen LogP contribution in [0.2, 0.25) is 5.02 Å². The number of benzene rings is 2. The molecule has 0 saturated carbocycles. The smallest absolute Gasteiger partial charge is 0.251 e. The third kappa shape index (κ3) is 6.27. The predicted molar refractivity (Wildman–Crippen MR) is 108 cm³/mol. The van der Waals surface area contributed by atoms with E-state index in [4.69, 9.17) is 11.6 Å². The van der Waals surface area contributed by atoms with E-state index in [1.165, 1.54) is 17.8 Å². The maximum atomic E-state index is 12.2. The number of aromatic amines is 1. The van der Waals surface area contributed by atoms with Gasteiger partial charge >= 0.3 is 0 Å². The van der Waals surface area contributed by atoms with Crippen molar-refractivity contribution in [3.8, 4) is 0 Å². The van der Waals surface area contributed by atoms with E-state index in [9.17, 15) is 9.59 Å². The molecule has 138 valence electrons. The van der Waals surface area contributed by atoms with E-state index in [1.807, 2.05) is 42.5 Å². The second-order valence-electron chi connectivity index (χ2n) is 5.90. The quantitative estimate of drug-likeness (QED) is 0.470. The van der Waals surface area contributed by atoms with Crippen LogP contribution in [0.25, 0.3) is 0 Å². The number of nitrogens with one attached hydrogen (secondary N) is 2. The lowest BCUT2D eigenvalue weighted by molar-refractivity contribution is -0.120. The van der Waals surface area contributed by atoms with Crippen molar-refractivity contribution < 1.29 is 4.79 Å². The topological polar surface area (TPSA) is 74.8 Å². The zero-order valence-corrected chi connectivity index (χ0v) is 16.0. The molecular weight excluding hydrogens is 382 g/mol. The lowest BCUT2D eigenvalue weighted by Gasteiger charge is -2.07. The molecule has 2 aromatic carbocycles. The highest BCUT2D eigenvalue weighted by Crippen LogP contribution is 2.18. The summed E-state index contributed by atoms with van der Waals surface area (Å²) in [5.74, 6) is 0.498. The van der Waals surface area contributed by atoms with Crippen molar-refractivity contribution >= 4 is 29.3 Å². The highest BCUT2D eigenvalue weighted by molar-refractivity contribution is 7.98. The summed E-state index contributed by atoms with van der Waals surface area (Å²) in [6, 6.07) is 18.5. The summed E-state index contributed by atoms with van der Waals surface area (Å²) in [7, 11) is 0. The van der Waals surface area contributed by atoms with Gasteiger partial charge in [-0.25, -0.2) is 4.98 Å². The van der Waals surface area contributed by atoms with E-state index in [2.05, 4.69) is 15.3 Å². The Kier molecular flexibility index (Phi) is 6.68. The largest absolute Gasteiger partial charge is 0.352 e. The number of hydrogen-bond acceptors (Lipinski definition) is 4. The number of aromatic nitrogens is 2. The van der Waals surface area contributed by atoms with Crippen molar-refractivity contribution in [2.45, 2.75) is 23.9 Å². The van der Waals surface area contributed by atoms with Crippen LogP contribution in [0.4, 0.5) is 0 Å². The number of H-pyrrole nitrogens is 1. The molecule has 0 aliphatic carbocycles. The Bertz CT molecular complexity index is 959. The second-order valence-corrected chi connectivity index (χ2v) is 7.30. The Morgan fingerprint density at radius 1 is 1.07 bits per heavy atom. The molecule has 0 spiro atoms. The molecule has 0 atom stereocenters. The molecule has 0 saturated heterocycles. The number of hydrogen-bond donors (Lipinski definition) is 2. The Balaban J connectivity index is 1.57. The number of amides is 1. The molecular formula is C20H18ClN3O2S. The average Bonchev–Trinajstić information content (AvgIpc) is 2.66. The first kappa shape index (κ1) is 19.2. The molecule has 2 N–H and O–H groups in total. The van der Waals surface area contributed by atoms with Gasteiger partial charge in [0.15, 0.2) is 5.16 Å². The van der Waals surface area contributed by atoms with Gasteiger partial charge < -0.3 is 10.3 Å². The van der Waals surface area contributed by atoms with E-state index in [-0.39, 0.29) is 17.9 Å². The summed E-state index contributed by atoms with van der Waals surface area (Å²) in [5.41, 5.74) is 2.27. The summed E-state index contributed by atoms with van der Waals surface area (Å²) in [5, 5.41) is 3.98.